The molecule has 0 aromatic carbocycles. The molecule has 1 heterocycles. The van der Waals surface area contributed by atoms with Crippen LogP contribution in [0.4, 0.5) is 0 Å². The van der Waals surface area contributed by atoms with Crippen molar-refractivity contribution < 1.29 is 4.74 Å². The van der Waals surface area contributed by atoms with Gasteiger partial charge in [-0.3, -0.25) is 4.98 Å². The number of unbranched alkanes of at least 4 members (excludes halogenated alkanes) is 1. The highest BCUT2D eigenvalue weighted by Gasteiger charge is 2.12. The Morgan fingerprint density at radius 1 is 1.28 bits per heavy atom. The van der Waals surface area contributed by atoms with Crippen molar-refractivity contribution in [2.75, 3.05) is 6.61 Å². The molecule has 0 saturated carbocycles. The zero-order chi connectivity index (χ0) is 13.6. The van der Waals surface area contributed by atoms with Crippen LogP contribution in [0.5, 0.6) is 5.75 Å². The Morgan fingerprint density at radius 3 is 2.61 bits per heavy atom. The molecule has 0 aliphatic carbocycles. The highest BCUT2D eigenvalue weighted by atomic mass is 16.5. The second kappa shape index (κ2) is 6.74. The van der Waals surface area contributed by atoms with Gasteiger partial charge in [-0.2, -0.15) is 0 Å². The Balaban J connectivity index is 2.70. The van der Waals surface area contributed by atoms with Crippen molar-refractivity contribution in [3.8, 4) is 5.75 Å². The van der Waals surface area contributed by atoms with Crippen molar-refractivity contribution in [3.63, 3.8) is 0 Å². The molecule has 0 aliphatic rings. The molecule has 0 radical (unpaired) electrons. The van der Waals surface area contributed by atoms with Crippen molar-refractivity contribution in [1.29, 1.82) is 0 Å². The standard InChI is InChI=1S/C15H26N2O/c1-6-7-10-18-14-9-8-12(2)17-13(14)11-16-15(3,4)5/h8-9,16H,6-7,10-11H2,1-5H3. The molecule has 1 rings (SSSR count). The van der Waals surface area contributed by atoms with Crippen molar-refractivity contribution in [2.24, 2.45) is 0 Å². The van der Waals surface area contributed by atoms with Crippen molar-refractivity contribution >= 4 is 0 Å². The van der Waals surface area contributed by atoms with Gasteiger partial charge in [0.05, 0.1) is 12.3 Å². The van der Waals surface area contributed by atoms with Crippen LogP contribution >= 0.6 is 0 Å². The summed E-state index contributed by atoms with van der Waals surface area (Å²) in [5, 5.41) is 3.45. The number of ether oxygens (including phenoxy) is 1. The minimum atomic E-state index is 0.0894. The summed E-state index contributed by atoms with van der Waals surface area (Å²) in [6.45, 7) is 12.1. The van der Waals surface area contributed by atoms with E-state index in [4.69, 9.17) is 4.74 Å². The molecular formula is C15H26N2O. The Morgan fingerprint density at radius 2 is 2.00 bits per heavy atom. The van der Waals surface area contributed by atoms with Gasteiger partial charge in [-0.15, -0.1) is 0 Å². The molecule has 1 aromatic heterocycles. The van der Waals surface area contributed by atoms with Gasteiger partial charge in [0.1, 0.15) is 5.75 Å². The van der Waals surface area contributed by atoms with E-state index in [1.165, 1.54) is 0 Å². The molecule has 0 spiro atoms. The summed E-state index contributed by atoms with van der Waals surface area (Å²) in [6.07, 6.45) is 2.23. The molecule has 0 amide bonds. The van der Waals surface area contributed by atoms with Crippen LogP contribution in [-0.4, -0.2) is 17.1 Å². The number of nitrogens with zero attached hydrogens (tertiary/aromatic N) is 1. The summed E-state index contributed by atoms with van der Waals surface area (Å²) in [4.78, 5) is 4.57. The molecule has 1 N–H and O–H groups in total. The van der Waals surface area contributed by atoms with E-state index in [1.807, 2.05) is 19.1 Å². The number of pyridine rings is 1. The lowest BCUT2D eigenvalue weighted by Crippen LogP contribution is -2.35. The van der Waals surface area contributed by atoms with Crippen LogP contribution in [0.2, 0.25) is 0 Å². The molecule has 0 saturated heterocycles. The molecular weight excluding hydrogens is 224 g/mol. The number of nitrogens with one attached hydrogen (secondary N) is 1. The SMILES string of the molecule is CCCCOc1ccc(C)nc1CNC(C)(C)C. The second-order valence-corrected chi connectivity index (χ2v) is 5.70. The smallest absolute Gasteiger partial charge is 0.142 e. The Bertz CT molecular complexity index is 369. The van der Waals surface area contributed by atoms with Crippen LogP contribution in [0.25, 0.3) is 0 Å². The van der Waals surface area contributed by atoms with E-state index in [0.29, 0.717) is 0 Å². The number of rotatable bonds is 6. The van der Waals surface area contributed by atoms with Gasteiger partial charge in [0, 0.05) is 17.8 Å². The second-order valence-electron chi connectivity index (χ2n) is 5.70. The van der Waals surface area contributed by atoms with Crippen LogP contribution in [0, 0.1) is 6.92 Å². The molecule has 0 unspecified atom stereocenters. The van der Waals surface area contributed by atoms with Crippen LogP contribution in [0.3, 0.4) is 0 Å². The van der Waals surface area contributed by atoms with Gasteiger partial charge >= 0.3 is 0 Å². The third kappa shape index (κ3) is 5.50. The van der Waals surface area contributed by atoms with Crippen LogP contribution in [-0.2, 0) is 6.54 Å². The fourth-order valence-electron chi connectivity index (χ4n) is 1.53. The third-order valence-corrected chi connectivity index (χ3v) is 2.61. The summed E-state index contributed by atoms with van der Waals surface area (Å²) in [6, 6.07) is 4.03. The molecule has 18 heavy (non-hydrogen) atoms. The monoisotopic (exact) mass is 250 g/mol. The first kappa shape index (κ1) is 15.0. The zero-order valence-corrected chi connectivity index (χ0v) is 12.3. The highest BCUT2D eigenvalue weighted by Crippen LogP contribution is 2.18. The molecule has 3 nitrogen and oxygen atoms in total. The summed E-state index contributed by atoms with van der Waals surface area (Å²) in [5.41, 5.74) is 2.12. The van der Waals surface area contributed by atoms with E-state index in [2.05, 4.69) is 38.0 Å². The Kier molecular flexibility index (Phi) is 5.60. The van der Waals surface area contributed by atoms with E-state index in [0.717, 1.165) is 43.1 Å². The summed E-state index contributed by atoms with van der Waals surface area (Å²) in [7, 11) is 0. The van der Waals surface area contributed by atoms with Gasteiger partial charge in [0.2, 0.25) is 0 Å². The van der Waals surface area contributed by atoms with Crippen molar-refractivity contribution in [3.05, 3.63) is 23.5 Å². The van der Waals surface area contributed by atoms with Gasteiger partial charge in [-0.05, 0) is 46.2 Å². The molecule has 0 aliphatic heterocycles. The van der Waals surface area contributed by atoms with Crippen molar-refractivity contribution in [1.82, 2.24) is 10.3 Å². The molecule has 0 fully saturated rings. The van der Waals surface area contributed by atoms with E-state index in [1.54, 1.807) is 0 Å². The fraction of sp³-hybridized carbons (Fsp3) is 0.667. The van der Waals surface area contributed by atoms with Gasteiger partial charge in [-0.1, -0.05) is 13.3 Å². The number of aryl methyl sites for hydroxylation is 1. The zero-order valence-electron chi connectivity index (χ0n) is 12.3. The normalized spacial score (nSPS) is 11.6. The Hall–Kier alpha value is -1.09. The lowest BCUT2D eigenvalue weighted by molar-refractivity contribution is 0.301. The van der Waals surface area contributed by atoms with Crippen LogP contribution < -0.4 is 10.1 Å². The first-order valence-corrected chi connectivity index (χ1v) is 6.76. The first-order valence-electron chi connectivity index (χ1n) is 6.76. The van der Waals surface area contributed by atoms with E-state index < -0.39 is 0 Å². The lowest BCUT2D eigenvalue weighted by Gasteiger charge is -2.21. The fourth-order valence-corrected chi connectivity index (χ4v) is 1.53. The molecule has 3 heteroatoms. The number of hydrogen-bond acceptors (Lipinski definition) is 3. The van der Waals surface area contributed by atoms with E-state index >= 15 is 0 Å². The van der Waals surface area contributed by atoms with Gasteiger partial charge in [0.25, 0.3) is 0 Å². The quantitative estimate of drug-likeness (QED) is 0.785. The predicted molar refractivity (Wildman–Crippen MR) is 76.0 cm³/mol. The predicted octanol–water partition coefficient (Wildman–Crippen LogP) is 3.46. The molecule has 0 bridgehead atoms. The number of hydrogen-bond donors (Lipinski definition) is 1. The van der Waals surface area contributed by atoms with Crippen molar-refractivity contribution in [2.45, 2.75) is 59.5 Å². The van der Waals surface area contributed by atoms with Crippen LogP contribution in [0.15, 0.2) is 12.1 Å². The average molecular weight is 250 g/mol. The molecule has 1 aromatic rings. The van der Waals surface area contributed by atoms with Crippen LogP contribution in [0.1, 0.15) is 51.9 Å². The maximum Gasteiger partial charge on any atom is 0.142 e. The molecule has 102 valence electrons. The third-order valence-electron chi connectivity index (χ3n) is 2.61. The maximum atomic E-state index is 5.80. The van der Waals surface area contributed by atoms with Gasteiger partial charge in [-0.25, -0.2) is 0 Å². The average Bonchev–Trinajstić information content (AvgIpc) is 2.28. The largest absolute Gasteiger partial charge is 0.492 e. The molecule has 0 atom stereocenters. The highest BCUT2D eigenvalue weighted by molar-refractivity contribution is 5.29. The topological polar surface area (TPSA) is 34.1 Å². The first-order chi connectivity index (χ1) is 8.42. The summed E-state index contributed by atoms with van der Waals surface area (Å²) in [5.74, 6) is 0.908. The van der Waals surface area contributed by atoms with Gasteiger partial charge in [0.15, 0.2) is 0 Å². The lowest BCUT2D eigenvalue weighted by atomic mass is 10.1. The van der Waals surface area contributed by atoms with E-state index in [9.17, 15) is 0 Å². The number of aromatic nitrogens is 1. The van der Waals surface area contributed by atoms with E-state index in [-0.39, 0.29) is 5.54 Å². The Labute approximate surface area is 111 Å². The summed E-state index contributed by atoms with van der Waals surface area (Å²) < 4.78 is 5.80. The maximum absolute atomic E-state index is 5.80. The van der Waals surface area contributed by atoms with Gasteiger partial charge < -0.3 is 10.1 Å². The summed E-state index contributed by atoms with van der Waals surface area (Å²) >= 11 is 0. The minimum absolute atomic E-state index is 0.0894. The minimum Gasteiger partial charge on any atom is -0.492 e.